The summed E-state index contributed by atoms with van der Waals surface area (Å²) in [7, 11) is 0. The predicted octanol–water partition coefficient (Wildman–Crippen LogP) is 4.68. The Hall–Kier alpha value is -1.23. The normalized spacial score (nSPS) is 14.2. The van der Waals surface area contributed by atoms with Crippen LogP contribution in [0.4, 0.5) is 0 Å². The molecule has 1 atom stereocenters. The Morgan fingerprint density at radius 2 is 2.10 bits per heavy atom. The predicted molar refractivity (Wildman–Crippen MR) is 87.0 cm³/mol. The Morgan fingerprint density at radius 3 is 2.90 bits per heavy atom. The standard InChI is InChI=1S/C16H15BrClNO2/c1-10(12-4-2-3-5-14(12)18)19-8-11-6-13(17)16-15(7-11)20-9-21-16/h2-7,10,19H,8-9H2,1H3. The van der Waals surface area contributed by atoms with Gasteiger partial charge in [0.15, 0.2) is 11.5 Å². The van der Waals surface area contributed by atoms with Gasteiger partial charge in [0, 0.05) is 17.6 Å². The maximum atomic E-state index is 6.22. The molecule has 0 aliphatic carbocycles. The molecule has 0 spiro atoms. The fraction of sp³-hybridized carbons (Fsp3) is 0.250. The van der Waals surface area contributed by atoms with Crippen molar-refractivity contribution in [3.8, 4) is 11.5 Å². The number of nitrogens with one attached hydrogen (secondary N) is 1. The van der Waals surface area contributed by atoms with E-state index in [0.717, 1.165) is 38.7 Å². The molecule has 1 aliphatic rings. The molecule has 110 valence electrons. The SMILES string of the molecule is CC(NCc1cc(Br)c2c(c1)OCO2)c1ccccc1Cl. The first-order valence-corrected chi connectivity index (χ1v) is 7.88. The third-order valence-electron chi connectivity index (χ3n) is 3.47. The average Bonchev–Trinajstić information content (AvgIpc) is 2.94. The number of rotatable bonds is 4. The molecule has 2 aromatic carbocycles. The van der Waals surface area contributed by atoms with Crippen LogP contribution in [0.2, 0.25) is 5.02 Å². The van der Waals surface area contributed by atoms with Gasteiger partial charge in [-0.05, 0) is 52.2 Å². The van der Waals surface area contributed by atoms with Gasteiger partial charge in [0.05, 0.1) is 4.47 Å². The zero-order chi connectivity index (χ0) is 14.8. The molecule has 1 N–H and O–H groups in total. The minimum absolute atomic E-state index is 0.169. The Balaban J connectivity index is 1.71. The van der Waals surface area contributed by atoms with Gasteiger partial charge in [-0.1, -0.05) is 29.8 Å². The summed E-state index contributed by atoms with van der Waals surface area (Å²) in [5.74, 6) is 1.56. The molecule has 0 saturated carbocycles. The molecule has 0 amide bonds. The number of ether oxygens (including phenoxy) is 2. The van der Waals surface area contributed by atoms with E-state index in [0.29, 0.717) is 0 Å². The van der Waals surface area contributed by atoms with E-state index in [1.165, 1.54) is 0 Å². The molecule has 0 saturated heterocycles. The summed E-state index contributed by atoms with van der Waals surface area (Å²) in [5, 5.41) is 4.25. The highest BCUT2D eigenvalue weighted by atomic mass is 79.9. The van der Waals surface area contributed by atoms with Gasteiger partial charge in [-0.25, -0.2) is 0 Å². The Kier molecular flexibility index (Phi) is 4.38. The number of benzene rings is 2. The van der Waals surface area contributed by atoms with Gasteiger partial charge < -0.3 is 14.8 Å². The molecule has 2 aromatic rings. The second-order valence-electron chi connectivity index (χ2n) is 4.94. The number of fused-ring (bicyclic) bond motifs is 1. The number of hydrogen-bond donors (Lipinski definition) is 1. The van der Waals surface area contributed by atoms with Crippen LogP contribution in [-0.2, 0) is 6.54 Å². The van der Waals surface area contributed by atoms with Gasteiger partial charge in [-0.3, -0.25) is 0 Å². The van der Waals surface area contributed by atoms with E-state index >= 15 is 0 Å². The highest BCUT2D eigenvalue weighted by molar-refractivity contribution is 9.10. The first-order valence-electron chi connectivity index (χ1n) is 6.71. The molecular weight excluding hydrogens is 354 g/mol. The number of hydrogen-bond acceptors (Lipinski definition) is 3. The minimum Gasteiger partial charge on any atom is -0.454 e. The molecule has 3 rings (SSSR count). The van der Waals surface area contributed by atoms with Crippen LogP contribution in [0.25, 0.3) is 0 Å². The Morgan fingerprint density at radius 1 is 1.29 bits per heavy atom. The van der Waals surface area contributed by atoms with E-state index in [9.17, 15) is 0 Å². The van der Waals surface area contributed by atoms with E-state index in [4.69, 9.17) is 21.1 Å². The van der Waals surface area contributed by atoms with Crippen molar-refractivity contribution in [1.82, 2.24) is 5.32 Å². The van der Waals surface area contributed by atoms with Crippen LogP contribution in [-0.4, -0.2) is 6.79 Å². The summed E-state index contributed by atoms with van der Waals surface area (Å²) >= 11 is 9.73. The van der Waals surface area contributed by atoms with E-state index in [1.807, 2.05) is 36.4 Å². The molecule has 1 unspecified atom stereocenters. The van der Waals surface area contributed by atoms with Crippen molar-refractivity contribution < 1.29 is 9.47 Å². The van der Waals surface area contributed by atoms with Gasteiger partial charge in [-0.2, -0.15) is 0 Å². The van der Waals surface area contributed by atoms with E-state index in [1.54, 1.807) is 0 Å². The van der Waals surface area contributed by atoms with E-state index < -0.39 is 0 Å². The quantitative estimate of drug-likeness (QED) is 0.850. The first-order chi connectivity index (χ1) is 10.1. The zero-order valence-electron chi connectivity index (χ0n) is 11.5. The van der Waals surface area contributed by atoms with Crippen molar-refractivity contribution in [2.45, 2.75) is 19.5 Å². The zero-order valence-corrected chi connectivity index (χ0v) is 13.9. The van der Waals surface area contributed by atoms with Crippen molar-refractivity contribution in [2.24, 2.45) is 0 Å². The van der Waals surface area contributed by atoms with Crippen LogP contribution in [0.1, 0.15) is 24.1 Å². The van der Waals surface area contributed by atoms with Crippen molar-refractivity contribution >= 4 is 27.5 Å². The summed E-state index contributed by atoms with van der Waals surface area (Å²) in [6, 6.07) is 12.1. The third kappa shape index (κ3) is 3.18. The van der Waals surface area contributed by atoms with Crippen LogP contribution in [0.3, 0.4) is 0 Å². The molecule has 3 nitrogen and oxygen atoms in total. The molecule has 0 aromatic heterocycles. The lowest BCUT2D eigenvalue weighted by atomic mass is 10.1. The maximum Gasteiger partial charge on any atom is 0.231 e. The smallest absolute Gasteiger partial charge is 0.231 e. The molecule has 21 heavy (non-hydrogen) atoms. The lowest BCUT2D eigenvalue weighted by molar-refractivity contribution is 0.173. The molecular formula is C16H15BrClNO2. The molecule has 1 aliphatic heterocycles. The summed E-state index contributed by atoms with van der Waals surface area (Å²) in [6.45, 7) is 3.10. The lowest BCUT2D eigenvalue weighted by Gasteiger charge is -2.16. The first kappa shape index (κ1) is 14.7. The summed E-state index contributed by atoms with van der Waals surface area (Å²) in [5.41, 5.74) is 2.23. The van der Waals surface area contributed by atoms with Crippen LogP contribution < -0.4 is 14.8 Å². The van der Waals surface area contributed by atoms with Gasteiger partial charge in [0.25, 0.3) is 0 Å². The van der Waals surface area contributed by atoms with Crippen LogP contribution in [0.15, 0.2) is 40.9 Å². The lowest BCUT2D eigenvalue weighted by Crippen LogP contribution is -2.18. The highest BCUT2D eigenvalue weighted by Crippen LogP contribution is 2.40. The summed E-state index contributed by atoms with van der Waals surface area (Å²) < 4.78 is 11.7. The van der Waals surface area contributed by atoms with E-state index in [2.05, 4.69) is 28.2 Å². The molecule has 1 heterocycles. The van der Waals surface area contributed by atoms with Crippen LogP contribution >= 0.6 is 27.5 Å². The average molecular weight is 369 g/mol. The molecule has 5 heteroatoms. The summed E-state index contributed by atoms with van der Waals surface area (Å²) in [6.07, 6.45) is 0. The van der Waals surface area contributed by atoms with Crippen molar-refractivity contribution in [1.29, 1.82) is 0 Å². The van der Waals surface area contributed by atoms with Gasteiger partial charge >= 0.3 is 0 Å². The third-order valence-corrected chi connectivity index (χ3v) is 4.40. The summed E-state index contributed by atoms with van der Waals surface area (Å²) in [4.78, 5) is 0. The fourth-order valence-electron chi connectivity index (χ4n) is 2.33. The van der Waals surface area contributed by atoms with Gasteiger partial charge in [0.1, 0.15) is 0 Å². The topological polar surface area (TPSA) is 30.5 Å². The Bertz CT molecular complexity index is 663. The van der Waals surface area contributed by atoms with Gasteiger partial charge in [0.2, 0.25) is 6.79 Å². The van der Waals surface area contributed by atoms with Gasteiger partial charge in [-0.15, -0.1) is 0 Å². The molecule has 0 fully saturated rings. The fourth-order valence-corrected chi connectivity index (χ4v) is 3.23. The largest absolute Gasteiger partial charge is 0.454 e. The molecule has 0 radical (unpaired) electrons. The molecule has 0 bridgehead atoms. The second-order valence-corrected chi connectivity index (χ2v) is 6.20. The second kappa shape index (κ2) is 6.26. The monoisotopic (exact) mass is 367 g/mol. The number of halogens is 2. The maximum absolute atomic E-state index is 6.22. The van der Waals surface area contributed by atoms with Crippen LogP contribution in [0, 0.1) is 0 Å². The minimum atomic E-state index is 0.169. The van der Waals surface area contributed by atoms with E-state index in [-0.39, 0.29) is 12.8 Å². The van der Waals surface area contributed by atoms with Crippen LogP contribution in [0.5, 0.6) is 11.5 Å². The Labute approximate surface area is 137 Å². The highest BCUT2D eigenvalue weighted by Gasteiger charge is 2.18. The van der Waals surface area contributed by atoms with Crippen molar-refractivity contribution in [3.63, 3.8) is 0 Å². The van der Waals surface area contributed by atoms with Crippen molar-refractivity contribution in [2.75, 3.05) is 6.79 Å². The van der Waals surface area contributed by atoms with Crippen molar-refractivity contribution in [3.05, 3.63) is 57.0 Å².